The molecule has 0 spiro atoms. The summed E-state index contributed by atoms with van der Waals surface area (Å²) in [4.78, 5) is 18.0. The SMILES string of the molecule is O=C(O)c1ccnc(N2C3CCC2CC(O)(c2ccc(OCc4c(-c5ccccc5OC(F)(F)F)noc4C4CC4)cc2Cl)C3)c1. The van der Waals surface area contributed by atoms with Crippen molar-refractivity contribution in [2.24, 2.45) is 0 Å². The maximum Gasteiger partial charge on any atom is 0.573 e. The number of benzene rings is 2. The normalized spacial score (nSPS) is 22.6. The van der Waals surface area contributed by atoms with Crippen LogP contribution < -0.4 is 14.4 Å². The molecular formula is C33H29ClF3N3O6. The Bertz CT molecular complexity index is 1780. The van der Waals surface area contributed by atoms with Crippen LogP contribution in [0.25, 0.3) is 11.3 Å². The van der Waals surface area contributed by atoms with Crippen molar-refractivity contribution < 1.29 is 42.2 Å². The van der Waals surface area contributed by atoms with E-state index in [1.165, 1.54) is 30.5 Å². The number of ether oxygens (including phenoxy) is 2. The number of nitrogens with zero attached hydrogens (tertiary/aromatic N) is 3. The van der Waals surface area contributed by atoms with E-state index in [-0.39, 0.29) is 41.4 Å². The summed E-state index contributed by atoms with van der Waals surface area (Å²) in [6, 6.07) is 13.7. The number of hydrogen-bond donors (Lipinski definition) is 2. The van der Waals surface area contributed by atoms with Gasteiger partial charge in [-0.1, -0.05) is 35.0 Å². The number of carboxylic acids is 1. The van der Waals surface area contributed by atoms with E-state index in [1.807, 2.05) is 0 Å². The van der Waals surface area contributed by atoms with Gasteiger partial charge in [-0.05, 0) is 62.1 Å². The Morgan fingerprint density at radius 2 is 1.80 bits per heavy atom. The van der Waals surface area contributed by atoms with Gasteiger partial charge in [0, 0.05) is 48.2 Å². The Kier molecular flexibility index (Phi) is 7.59. The van der Waals surface area contributed by atoms with Crippen LogP contribution in [0.4, 0.5) is 19.0 Å². The number of alkyl halides is 3. The van der Waals surface area contributed by atoms with Crippen molar-refractivity contribution in [1.29, 1.82) is 0 Å². The van der Waals surface area contributed by atoms with Gasteiger partial charge in [-0.3, -0.25) is 0 Å². The van der Waals surface area contributed by atoms with Crippen LogP contribution in [-0.4, -0.2) is 44.8 Å². The smallest absolute Gasteiger partial charge is 0.489 e. The molecule has 4 heterocycles. The molecule has 46 heavy (non-hydrogen) atoms. The highest BCUT2D eigenvalue weighted by atomic mass is 35.5. The van der Waals surface area contributed by atoms with Gasteiger partial charge in [0.2, 0.25) is 0 Å². The number of carboxylic acid groups (broad SMARTS) is 1. The van der Waals surface area contributed by atoms with E-state index in [0.29, 0.717) is 46.3 Å². The summed E-state index contributed by atoms with van der Waals surface area (Å²) >= 11 is 6.75. The number of anilines is 1. The third kappa shape index (κ3) is 5.87. The number of pyridine rings is 1. The Hall–Kier alpha value is -4.29. The number of halogens is 4. The molecule has 0 radical (unpaired) electrons. The molecule has 2 aromatic heterocycles. The van der Waals surface area contributed by atoms with Crippen molar-refractivity contribution in [3.63, 3.8) is 0 Å². The summed E-state index contributed by atoms with van der Waals surface area (Å²) < 4.78 is 55.3. The molecule has 3 aliphatic rings. The van der Waals surface area contributed by atoms with Crippen molar-refractivity contribution in [1.82, 2.24) is 10.1 Å². The summed E-state index contributed by atoms with van der Waals surface area (Å²) in [7, 11) is 0. The fraction of sp³-hybridized carbons (Fsp3) is 0.364. The number of para-hydroxylation sites is 1. The molecular weight excluding hydrogens is 627 g/mol. The minimum Gasteiger partial charge on any atom is -0.489 e. The van der Waals surface area contributed by atoms with Crippen molar-refractivity contribution in [2.75, 3.05) is 4.90 Å². The highest BCUT2D eigenvalue weighted by molar-refractivity contribution is 6.31. The molecule has 7 rings (SSSR count). The third-order valence-electron chi connectivity index (χ3n) is 8.98. The van der Waals surface area contributed by atoms with Gasteiger partial charge < -0.3 is 29.1 Å². The average Bonchev–Trinajstić information content (AvgIpc) is 3.70. The van der Waals surface area contributed by atoms with Crippen LogP contribution in [-0.2, 0) is 12.2 Å². The average molecular weight is 656 g/mol. The Morgan fingerprint density at radius 1 is 1.07 bits per heavy atom. The van der Waals surface area contributed by atoms with Gasteiger partial charge in [0.05, 0.1) is 21.8 Å². The second-order valence-corrected chi connectivity index (χ2v) is 12.5. The summed E-state index contributed by atoms with van der Waals surface area (Å²) in [6.45, 7) is -0.0352. The monoisotopic (exact) mass is 655 g/mol. The first kappa shape index (κ1) is 30.4. The van der Waals surface area contributed by atoms with E-state index in [1.54, 1.807) is 30.3 Å². The molecule has 3 fully saturated rings. The summed E-state index contributed by atoms with van der Waals surface area (Å²) in [5, 5.41) is 25.7. The second kappa shape index (κ2) is 11.5. The second-order valence-electron chi connectivity index (χ2n) is 12.1. The standard InChI is InChI=1S/C33H29ClF3N3O6/c34-26-14-22(44-17-24-29(39-46-30(24)18-5-6-18)23-3-1-2-4-27(23)45-33(35,36)37)9-10-25(26)32(43)15-20-7-8-21(16-32)40(20)28-13-19(31(41)42)11-12-38-28/h1-4,9-14,18,20-21,43H,5-8,15-17H2,(H,41,42). The third-order valence-corrected chi connectivity index (χ3v) is 9.30. The first-order chi connectivity index (χ1) is 22.0. The van der Waals surface area contributed by atoms with Crippen molar-refractivity contribution in [2.45, 2.75) is 75.1 Å². The lowest BCUT2D eigenvalue weighted by atomic mass is 9.80. The molecule has 1 aliphatic carbocycles. The van der Waals surface area contributed by atoms with Gasteiger partial charge in [0.1, 0.15) is 35.4 Å². The molecule has 2 aromatic carbocycles. The lowest BCUT2D eigenvalue weighted by molar-refractivity contribution is -0.274. The summed E-state index contributed by atoms with van der Waals surface area (Å²) in [5.41, 5.74) is 0.382. The quantitative estimate of drug-likeness (QED) is 0.189. The van der Waals surface area contributed by atoms with Gasteiger partial charge in [-0.25, -0.2) is 9.78 Å². The van der Waals surface area contributed by atoms with E-state index in [0.717, 1.165) is 25.7 Å². The Balaban J connectivity index is 1.10. The first-order valence-electron chi connectivity index (χ1n) is 15.0. The van der Waals surface area contributed by atoms with E-state index in [2.05, 4.69) is 19.8 Å². The van der Waals surface area contributed by atoms with Crippen LogP contribution in [0.1, 0.15) is 71.7 Å². The van der Waals surface area contributed by atoms with E-state index in [9.17, 15) is 28.2 Å². The molecule has 240 valence electrons. The summed E-state index contributed by atoms with van der Waals surface area (Å²) in [5.74, 6) is 0.246. The molecule has 2 aliphatic heterocycles. The predicted octanol–water partition coefficient (Wildman–Crippen LogP) is 7.46. The van der Waals surface area contributed by atoms with Gasteiger partial charge in [-0.2, -0.15) is 0 Å². The zero-order valence-electron chi connectivity index (χ0n) is 24.3. The molecule has 2 N–H and O–H groups in total. The molecule has 2 saturated heterocycles. The predicted molar refractivity (Wildman–Crippen MR) is 160 cm³/mol. The molecule has 1 saturated carbocycles. The molecule has 4 aromatic rings. The number of rotatable bonds is 9. The van der Waals surface area contributed by atoms with Crippen LogP contribution in [0.2, 0.25) is 5.02 Å². The lowest BCUT2D eigenvalue weighted by Gasteiger charge is -2.45. The lowest BCUT2D eigenvalue weighted by Crippen LogP contribution is -2.50. The van der Waals surface area contributed by atoms with Crippen LogP contribution in [0.15, 0.2) is 65.3 Å². The Morgan fingerprint density at radius 3 is 2.48 bits per heavy atom. The number of aromatic nitrogens is 2. The largest absolute Gasteiger partial charge is 0.573 e. The molecule has 2 atom stereocenters. The minimum absolute atomic E-state index is 0.0352. The molecule has 9 nitrogen and oxygen atoms in total. The minimum atomic E-state index is -4.88. The van der Waals surface area contributed by atoms with Crippen LogP contribution in [0.3, 0.4) is 0 Å². The summed E-state index contributed by atoms with van der Waals surface area (Å²) in [6.07, 6.45) is 0.784. The maximum atomic E-state index is 13.1. The fourth-order valence-corrected chi connectivity index (χ4v) is 7.19. The van der Waals surface area contributed by atoms with E-state index >= 15 is 0 Å². The maximum absolute atomic E-state index is 13.1. The van der Waals surface area contributed by atoms with Gasteiger partial charge in [-0.15, -0.1) is 13.2 Å². The van der Waals surface area contributed by atoms with Gasteiger partial charge >= 0.3 is 12.3 Å². The van der Waals surface area contributed by atoms with Crippen molar-refractivity contribution >= 4 is 23.4 Å². The van der Waals surface area contributed by atoms with E-state index < -0.39 is 23.7 Å². The Labute approximate surface area is 266 Å². The van der Waals surface area contributed by atoms with Gasteiger partial charge in [0.25, 0.3) is 0 Å². The number of aromatic carboxylic acids is 1. The number of aliphatic hydroxyl groups is 1. The number of hydrogen-bond acceptors (Lipinski definition) is 8. The number of carbonyl (C=O) groups is 1. The van der Waals surface area contributed by atoms with Crippen LogP contribution in [0, 0.1) is 0 Å². The zero-order valence-corrected chi connectivity index (χ0v) is 25.1. The topological polar surface area (TPSA) is 118 Å². The van der Waals surface area contributed by atoms with Gasteiger partial charge in [0.15, 0.2) is 0 Å². The molecule has 2 unspecified atom stereocenters. The molecule has 13 heteroatoms. The van der Waals surface area contributed by atoms with Crippen molar-refractivity contribution in [3.8, 4) is 22.8 Å². The first-order valence-corrected chi connectivity index (χ1v) is 15.3. The molecule has 2 bridgehead atoms. The van der Waals surface area contributed by atoms with Crippen LogP contribution >= 0.6 is 11.6 Å². The highest BCUT2D eigenvalue weighted by Crippen LogP contribution is 2.49. The van der Waals surface area contributed by atoms with Crippen molar-refractivity contribution in [3.05, 3.63) is 88.3 Å². The highest BCUT2D eigenvalue weighted by Gasteiger charge is 2.49. The number of piperidine rings is 1. The van der Waals surface area contributed by atoms with E-state index in [4.69, 9.17) is 20.9 Å². The fourth-order valence-electron chi connectivity index (χ4n) is 6.85. The number of fused-ring (bicyclic) bond motifs is 2. The van der Waals surface area contributed by atoms with Crippen LogP contribution in [0.5, 0.6) is 11.5 Å². The zero-order chi connectivity index (χ0) is 32.2. The molecule has 0 amide bonds.